The number of thiocarbonyl (C=S) groups is 1. The quantitative estimate of drug-likeness (QED) is 0.837. The van der Waals surface area contributed by atoms with E-state index < -0.39 is 0 Å². The molecule has 0 amide bonds. The Morgan fingerprint density at radius 1 is 1.33 bits per heavy atom. The number of para-hydroxylation sites is 1. The van der Waals surface area contributed by atoms with E-state index in [-0.39, 0.29) is 0 Å². The molecule has 0 radical (unpaired) electrons. The minimum absolute atomic E-state index is 0.537. The van der Waals surface area contributed by atoms with Crippen molar-refractivity contribution in [3.8, 4) is 0 Å². The Kier molecular flexibility index (Phi) is 4.23. The first-order valence-corrected chi connectivity index (χ1v) is 6.45. The largest absolute Gasteiger partial charge is 0.392 e. The highest BCUT2D eigenvalue weighted by molar-refractivity contribution is 7.80. The highest BCUT2D eigenvalue weighted by atomic mass is 32.1. The van der Waals surface area contributed by atoms with E-state index in [2.05, 4.69) is 28.9 Å². The first-order valence-electron chi connectivity index (χ1n) is 6.04. The highest BCUT2D eigenvalue weighted by Gasteiger charge is 2.07. The predicted molar refractivity (Wildman–Crippen MR) is 79.5 cm³/mol. The fourth-order valence-electron chi connectivity index (χ4n) is 2.03. The molecule has 0 aliphatic carbocycles. The second-order valence-corrected chi connectivity index (χ2v) is 4.78. The van der Waals surface area contributed by atoms with Gasteiger partial charge in [0.1, 0.15) is 0 Å². The van der Waals surface area contributed by atoms with Gasteiger partial charge in [0.25, 0.3) is 0 Å². The van der Waals surface area contributed by atoms with Crippen LogP contribution in [0.1, 0.15) is 12.5 Å². The SMILES string of the molecule is CCN(CC(N)=S)Cc1ccnc2ccccc12. The van der Waals surface area contributed by atoms with E-state index in [9.17, 15) is 0 Å². The van der Waals surface area contributed by atoms with Crippen LogP contribution in [0.5, 0.6) is 0 Å². The van der Waals surface area contributed by atoms with E-state index in [0.29, 0.717) is 11.5 Å². The number of nitrogens with two attached hydrogens (primary N) is 1. The Morgan fingerprint density at radius 2 is 2.11 bits per heavy atom. The van der Waals surface area contributed by atoms with Gasteiger partial charge >= 0.3 is 0 Å². The Morgan fingerprint density at radius 3 is 2.83 bits per heavy atom. The Hall–Kier alpha value is -1.52. The number of benzene rings is 1. The molecule has 1 aromatic heterocycles. The number of fused-ring (bicyclic) bond motifs is 1. The molecule has 3 nitrogen and oxygen atoms in total. The van der Waals surface area contributed by atoms with E-state index >= 15 is 0 Å². The summed E-state index contributed by atoms with van der Waals surface area (Å²) >= 11 is 4.97. The molecule has 2 N–H and O–H groups in total. The van der Waals surface area contributed by atoms with E-state index in [1.165, 1.54) is 10.9 Å². The van der Waals surface area contributed by atoms with Crippen molar-refractivity contribution < 1.29 is 0 Å². The van der Waals surface area contributed by atoms with Gasteiger partial charge < -0.3 is 5.73 Å². The zero-order valence-electron chi connectivity index (χ0n) is 10.5. The Labute approximate surface area is 113 Å². The molecule has 0 saturated carbocycles. The van der Waals surface area contributed by atoms with Crippen LogP contribution in [0.25, 0.3) is 10.9 Å². The summed E-state index contributed by atoms with van der Waals surface area (Å²) in [5.74, 6) is 0. The molecule has 0 unspecified atom stereocenters. The minimum atomic E-state index is 0.537. The fourth-order valence-corrected chi connectivity index (χ4v) is 2.22. The van der Waals surface area contributed by atoms with Crippen LogP contribution < -0.4 is 5.73 Å². The van der Waals surface area contributed by atoms with Crippen molar-refractivity contribution in [1.82, 2.24) is 9.88 Å². The van der Waals surface area contributed by atoms with Crippen molar-refractivity contribution in [3.05, 3.63) is 42.1 Å². The summed E-state index contributed by atoms with van der Waals surface area (Å²) in [6.45, 7) is 4.54. The lowest BCUT2D eigenvalue weighted by molar-refractivity contribution is 0.322. The predicted octanol–water partition coefficient (Wildman–Crippen LogP) is 2.34. The van der Waals surface area contributed by atoms with Gasteiger partial charge in [0, 0.05) is 24.7 Å². The summed E-state index contributed by atoms with van der Waals surface area (Å²) in [7, 11) is 0. The lowest BCUT2D eigenvalue weighted by Gasteiger charge is -2.20. The third-order valence-corrected chi connectivity index (χ3v) is 3.09. The van der Waals surface area contributed by atoms with Crippen LogP contribution >= 0.6 is 12.2 Å². The van der Waals surface area contributed by atoms with Crippen LogP contribution in [0.3, 0.4) is 0 Å². The van der Waals surface area contributed by atoms with Crippen molar-refractivity contribution in [1.29, 1.82) is 0 Å². The van der Waals surface area contributed by atoms with Gasteiger partial charge in [-0.2, -0.15) is 0 Å². The smallest absolute Gasteiger partial charge is 0.0870 e. The standard InChI is InChI=1S/C14H17N3S/c1-2-17(10-14(15)18)9-11-7-8-16-13-6-4-3-5-12(11)13/h3-8H,2,9-10H2,1H3,(H2,15,18). The normalized spacial score (nSPS) is 11.0. The molecule has 0 aliphatic heterocycles. The van der Waals surface area contributed by atoms with Crippen LogP contribution in [-0.2, 0) is 6.54 Å². The number of likely N-dealkylation sites (N-methyl/N-ethyl adjacent to an activating group) is 1. The Balaban J connectivity index is 2.27. The average molecular weight is 259 g/mol. The van der Waals surface area contributed by atoms with Crippen LogP contribution in [0.2, 0.25) is 0 Å². The van der Waals surface area contributed by atoms with Crippen molar-refractivity contribution in [2.24, 2.45) is 5.73 Å². The number of hydrogen-bond acceptors (Lipinski definition) is 3. The fraction of sp³-hybridized carbons (Fsp3) is 0.286. The second kappa shape index (κ2) is 5.89. The summed E-state index contributed by atoms with van der Waals surface area (Å²) in [6, 6.07) is 10.2. The van der Waals surface area contributed by atoms with Gasteiger partial charge in [0.05, 0.1) is 10.5 Å². The van der Waals surface area contributed by atoms with Crippen molar-refractivity contribution in [2.75, 3.05) is 13.1 Å². The van der Waals surface area contributed by atoms with Crippen molar-refractivity contribution in [3.63, 3.8) is 0 Å². The van der Waals surface area contributed by atoms with Gasteiger partial charge in [-0.15, -0.1) is 0 Å². The lowest BCUT2D eigenvalue weighted by atomic mass is 10.1. The number of rotatable bonds is 5. The zero-order chi connectivity index (χ0) is 13.0. The average Bonchev–Trinajstić information content (AvgIpc) is 2.38. The monoisotopic (exact) mass is 259 g/mol. The topological polar surface area (TPSA) is 42.1 Å². The summed E-state index contributed by atoms with van der Waals surface area (Å²) < 4.78 is 0. The number of aromatic nitrogens is 1. The highest BCUT2D eigenvalue weighted by Crippen LogP contribution is 2.17. The van der Waals surface area contributed by atoms with Crippen molar-refractivity contribution in [2.45, 2.75) is 13.5 Å². The molecular weight excluding hydrogens is 242 g/mol. The maximum absolute atomic E-state index is 5.61. The molecule has 4 heteroatoms. The summed E-state index contributed by atoms with van der Waals surface area (Å²) in [5, 5.41) is 1.20. The van der Waals surface area contributed by atoms with Crippen molar-refractivity contribution >= 4 is 28.1 Å². The molecule has 1 heterocycles. The minimum Gasteiger partial charge on any atom is -0.392 e. The molecule has 18 heavy (non-hydrogen) atoms. The van der Waals surface area contributed by atoms with Gasteiger partial charge in [-0.1, -0.05) is 37.3 Å². The van der Waals surface area contributed by atoms with Crippen LogP contribution in [0, 0.1) is 0 Å². The maximum atomic E-state index is 5.61. The molecule has 0 atom stereocenters. The maximum Gasteiger partial charge on any atom is 0.0870 e. The summed E-state index contributed by atoms with van der Waals surface area (Å²) in [4.78, 5) is 7.13. The molecule has 1 aromatic carbocycles. The first kappa shape index (κ1) is 12.9. The van der Waals surface area contributed by atoms with Gasteiger partial charge in [0.2, 0.25) is 0 Å². The molecule has 0 fully saturated rings. The molecule has 2 aromatic rings. The number of hydrogen-bond donors (Lipinski definition) is 1. The van der Waals surface area contributed by atoms with Gasteiger partial charge in [-0.05, 0) is 24.2 Å². The Bertz CT molecular complexity index is 548. The van der Waals surface area contributed by atoms with E-state index in [1.807, 2.05) is 24.4 Å². The van der Waals surface area contributed by atoms with Crippen LogP contribution in [0.15, 0.2) is 36.5 Å². The molecule has 94 valence electrons. The molecule has 0 bridgehead atoms. The summed E-state index contributed by atoms with van der Waals surface area (Å²) in [6.07, 6.45) is 1.85. The van der Waals surface area contributed by atoms with E-state index in [1.54, 1.807) is 0 Å². The van der Waals surface area contributed by atoms with Gasteiger partial charge in [0.15, 0.2) is 0 Å². The molecule has 0 saturated heterocycles. The molecular formula is C14H17N3S. The van der Waals surface area contributed by atoms with Crippen LogP contribution in [0.4, 0.5) is 0 Å². The third kappa shape index (κ3) is 3.03. The van der Waals surface area contributed by atoms with Gasteiger partial charge in [-0.25, -0.2) is 0 Å². The van der Waals surface area contributed by atoms with E-state index in [0.717, 1.165) is 18.6 Å². The zero-order valence-corrected chi connectivity index (χ0v) is 11.3. The van der Waals surface area contributed by atoms with E-state index in [4.69, 9.17) is 18.0 Å². The lowest BCUT2D eigenvalue weighted by Crippen LogP contribution is -2.32. The number of nitrogens with zero attached hydrogens (tertiary/aromatic N) is 2. The summed E-state index contributed by atoms with van der Waals surface area (Å²) in [5.41, 5.74) is 7.90. The molecule has 0 spiro atoms. The molecule has 0 aliphatic rings. The second-order valence-electron chi connectivity index (χ2n) is 4.26. The first-order chi connectivity index (χ1) is 8.70. The van der Waals surface area contributed by atoms with Crippen LogP contribution in [-0.4, -0.2) is 28.0 Å². The van der Waals surface area contributed by atoms with Gasteiger partial charge in [-0.3, -0.25) is 9.88 Å². The number of pyridine rings is 1. The third-order valence-electron chi connectivity index (χ3n) is 2.96. The molecule has 2 rings (SSSR count).